The van der Waals surface area contributed by atoms with E-state index in [1.165, 1.54) is 6.07 Å². The topological polar surface area (TPSA) is 32.3 Å². The number of nitrogens with one attached hydrogen (secondary N) is 1. The van der Waals surface area contributed by atoms with E-state index in [0.29, 0.717) is 0 Å². The Balaban J connectivity index is 2.51. The summed E-state index contributed by atoms with van der Waals surface area (Å²) in [5.41, 5.74) is 2.19. The summed E-state index contributed by atoms with van der Waals surface area (Å²) in [5, 5.41) is 1.04. The fourth-order valence-corrected chi connectivity index (χ4v) is 2.88. The molecule has 1 aliphatic heterocycles. The minimum Gasteiger partial charge on any atom is -0.287 e. The van der Waals surface area contributed by atoms with Crippen LogP contribution in [0.1, 0.15) is 58.2 Å². The first-order valence-electron chi connectivity index (χ1n) is 7.58. The Labute approximate surface area is 134 Å². The quantitative estimate of drug-likeness (QED) is 0.886. The van der Waals surface area contributed by atoms with Crippen molar-refractivity contribution < 1.29 is 18.0 Å². The number of hydrogen-bond acceptors (Lipinski definition) is 2. The second-order valence-corrected chi connectivity index (χ2v) is 7.71. The maximum absolute atomic E-state index is 13.8. The highest BCUT2D eigenvalue weighted by Gasteiger charge is 2.53. The molecular formula is C17H23F3N2O. The largest absolute Gasteiger partial charge is 0.409 e. The van der Waals surface area contributed by atoms with Crippen LogP contribution >= 0.6 is 0 Å². The maximum atomic E-state index is 13.8. The number of carbonyl (C=O) groups is 1. The number of alkyl halides is 3. The second-order valence-electron chi connectivity index (χ2n) is 7.71. The van der Waals surface area contributed by atoms with Crippen LogP contribution in [0.15, 0.2) is 24.3 Å². The molecule has 1 saturated heterocycles. The molecule has 0 bridgehead atoms. The van der Waals surface area contributed by atoms with E-state index < -0.39 is 23.7 Å². The Morgan fingerprint density at radius 1 is 1.22 bits per heavy atom. The van der Waals surface area contributed by atoms with Crippen LogP contribution in [0.25, 0.3) is 0 Å². The van der Waals surface area contributed by atoms with Crippen LogP contribution in [-0.2, 0) is 10.2 Å². The zero-order chi connectivity index (χ0) is 17.6. The third kappa shape index (κ3) is 3.68. The summed E-state index contributed by atoms with van der Waals surface area (Å²) >= 11 is 0. The fraction of sp³-hybridized carbons (Fsp3) is 0.588. The first kappa shape index (κ1) is 17.8. The molecule has 128 valence electrons. The molecule has 1 heterocycles. The molecule has 23 heavy (non-hydrogen) atoms. The van der Waals surface area contributed by atoms with Crippen LogP contribution < -0.4 is 5.43 Å². The normalized spacial score (nSPS) is 20.4. The van der Waals surface area contributed by atoms with Gasteiger partial charge in [0.2, 0.25) is 5.91 Å². The average Bonchev–Trinajstić information content (AvgIpc) is 2.60. The van der Waals surface area contributed by atoms with Crippen LogP contribution in [0.2, 0.25) is 0 Å². The predicted molar refractivity (Wildman–Crippen MR) is 82.6 cm³/mol. The summed E-state index contributed by atoms with van der Waals surface area (Å²) < 4.78 is 41.3. The lowest BCUT2D eigenvalue weighted by atomic mass is 9.85. The zero-order valence-electron chi connectivity index (χ0n) is 14.1. The average molecular weight is 328 g/mol. The lowest BCUT2D eigenvalue weighted by Crippen LogP contribution is -2.51. The van der Waals surface area contributed by atoms with E-state index in [-0.39, 0.29) is 17.4 Å². The van der Waals surface area contributed by atoms with Crippen LogP contribution in [0.4, 0.5) is 13.2 Å². The van der Waals surface area contributed by atoms with Gasteiger partial charge >= 0.3 is 6.18 Å². The highest BCUT2D eigenvalue weighted by molar-refractivity contribution is 5.79. The summed E-state index contributed by atoms with van der Waals surface area (Å²) in [6.07, 6.45) is -4.45. The van der Waals surface area contributed by atoms with Crippen LogP contribution in [0, 0.1) is 0 Å². The minimum atomic E-state index is -4.49. The van der Waals surface area contributed by atoms with E-state index in [1.807, 2.05) is 26.8 Å². The molecule has 3 nitrogen and oxygen atoms in total. The lowest BCUT2D eigenvalue weighted by Gasteiger charge is -2.38. The highest BCUT2D eigenvalue weighted by atomic mass is 19.4. The van der Waals surface area contributed by atoms with E-state index in [0.717, 1.165) is 10.6 Å². The van der Waals surface area contributed by atoms with Gasteiger partial charge in [0.25, 0.3) is 0 Å². The van der Waals surface area contributed by atoms with Crippen molar-refractivity contribution in [2.75, 3.05) is 0 Å². The molecule has 0 spiro atoms. The highest BCUT2D eigenvalue weighted by Crippen LogP contribution is 2.43. The monoisotopic (exact) mass is 328 g/mol. The van der Waals surface area contributed by atoms with Gasteiger partial charge in [-0.2, -0.15) is 18.2 Å². The Bertz CT molecular complexity index is 603. The molecule has 1 aromatic carbocycles. The van der Waals surface area contributed by atoms with Gasteiger partial charge in [0.15, 0.2) is 6.04 Å². The van der Waals surface area contributed by atoms with Crippen LogP contribution in [0.3, 0.4) is 0 Å². The first-order chi connectivity index (χ1) is 10.3. The number of carbonyl (C=O) groups excluding carboxylic acids is 1. The Hall–Kier alpha value is -1.56. The van der Waals surface area contributed by atoms with Crippen molar-refractivity contribution >= 4 is 5.91 Å². The van der Waals surface area contributed by atoms with Crippen molar-refractivity contribution in [3.8, 4) is 0 Å². The molecule has 1 N–H and O–H groups in total. The van der Waals surface area contributed by atoms with Gasteiger partial charge in [-0.05, 0) is 30.4 Å². The number of amides is 1. The van der Waals surface area contributed by atoms with Crippen molar-refractivity contribution in [2.24, 2.45) is 0 Å². The lowest BCUT2D eigenvalue weighted by molar-refractivity contribution is -0.203. The van der Waals surface area contributed by atoms with E-state index in [4.69, 9.17) is 0 Å². The van der Waals surface area contributed by atoms with E-state index in [2.05, 4.69) is 5.43 Å². The van der Waals surface area contributed by atoms with Gasteiger partial charge in [0.1, 0.15) is 0 Å². The van der Waals surface area contributed by atoms with E-state index >= 15 is 0 Å². The van der Waals surface area contributed by atoms with Gasteiger partial charge in [-0.3, -0.25) is 10.2 Å². The summed E-state index contributed by atoms with van der Waals surface area (Å²) in [4.78, 5) is 11.6. The summed E-state index contributed by atoms with van der Waals surface area (Å²) in [5.74, 6) is -0.392. The molecule has 1 aromatic rings. The molecule has 0 aromatic heterocycles. The minimum absolute atomic E-state index is 0.0402. The number of hydrogen-bond donors (Lipinski definition) is 1. The van der Waals surface area contributed by atoms with Gasteiger partial charge < -0.3 is 0 Å². The molecule has 0 radical (unpaired) electrons. The van der Waals surface area contributed by atoms with Crippen LogP contribution in [-0.4, -0.2) is 22.6 Å². The molecule has 1 atom stereocenters. The number of hydrazine groups is 1. The first-order valence-corrected chi connectivity index (χ1v) is 7.58. The standard InChI is InChI=1S/C17H23F3N2O/c1-15(2,3)12-8-6-7-11(9-12)14(17(18,19)20)22-16(4,5)10-13(23)21-22/h6-9,14H,10H2,1-5H3,(H,21,23). The van der Waals surface area contributed by atoms with Crippen molar-refractivity contribution in [1.82, 2.24) is 10.4 Å². The molecule has 1 aliphatic rings. The van der Waals surface area contributed by atoms with Crippen molar-refractivity contribution in [3.63, 3.8) is 0 Å². The third-order valence-corrected chi connectivity index (χ3v) is 4.13. The Morgan fingerprint density at radius 2 is 1.83 bits per heavy atom. The van der Waals surface area contributed by atoms with E-state index in [9.17, 15) is 18.0 Å². The zero-order valence-corrected chi connectivity index (χ0v) is 14.1. The second kappa shape index (κ2) is 5.51. The summed E-state index contributed by atoms with van der Waals surface area (Å²) in [7, 11) is 0. The summed E-state index contributed by atoms with van der Waals surface area (Å²) in [6.45, 7) is 9.14. The maximum Gasteiger partial charge on any atom is 0.409 e. The van der Waals surface area contributed by atoms with Crippen molar-refractivity contribution in [1.29, 1.82) is 0 Å². The van der Waals surface area contributed by atoms with Crippen LogP contribution in [0.5, 0.6) is 0 Å². The fourth-order valence-electron chi connectivity index (χ4n) is 2.88. The third-order valence-electron chi connectivity index (χ3n) is 4.13. The van der Waals surface area contributed by atoms with Gasteiger partial charge in [-0.15, -0.1) is 0 Å². The van der Waals surface area contributed by atoms with Crippen molar-refractivity contribution in [2.45, 2.75) is 64.2 Å². The molecule has 0 aliphatic carbocycles. The molecule has 1 fully saturated rings. The number of halogens is 3. The molecule has 1 unspecified atom stereocenters. The molecule has 2 rings (SSSR count). The van der Waals surface area contributed by atoms with Gasteiger partial charge in [0.05, 0.1) is 0 Å². The Morgan fingerprint density at radius 3 is 2.26 bits per heavy atom. The summed E-state index contributed by atoms with van der Waals surface area (Å²) in [6, 6.07) is 4.64. The molecule has 0 saturated carbocycles. The molecule has 6 heteroatoms. The van der Waals surface area contributed by atoms with Crippen molar-refractivity contribution in [3.05, 3.63) is 35.4 Å². The number of benzene rings is 1. The van der Waals surface area contributed by atoms with Gasteiger partial charge in [-0.1, -0.05) is 45.0 Å². The van der Waals surface area contributed by atoms with Gasteiger partial charge in [0, 0.05) is 12.0 Å². The SMILES string of the molecule is CC(C)(C)c1cccc(C(N2NC(=O)CC2(C)C)C(F)(F)F)c1. The Kier molecular flexibility index (Phi) is 4.26. The number of rotatable bonds is 2. The molecular weight excluding hydrogens is 305 g/mol. The smallest absolute Gasteiger partial charge is 0.287 e. The van der Waals surface area contributed by atoms with Gasteiger partial charge in [-0.25, -0.2) is 0 Å². The van der Waals surface area contributed by atoms with E-state index in [1.54, 1.807) is 26.0 Å². The molecule has 1 amide bonds. The number of nitrogens with zero attached hydrogens (tertiary/aromatic N) is 1. The predicted octanol–water partition coefficient (Wildman–Crippen LogP) is 4.10.